The van der Waals surface area contributed by atoms with E-state index in [1.54, 1.807) is 24.4 Å². The first-order chi connectivity index (χ1) is 7.74. The Kier molecular flexibility index (Phi) is 3.41. The second-order valence-electron chi connectivity index (χ2n) is 3.39. The maximum Gasteiger partial charge on any atom is 0.117 e. The minimum absolute atomic E-state index is 0.265. The van der Waals surface area contributed by atoms with Crippen LogP contribution in [0.25, 0.3) is 0 Å². The van der Waals surface area contributed by atoms with E-state index < -0.39 is 0 Å². The van der Waals surface area contributed by atoms with Gasteiger partial charge in [0.1, 0.15) is 10.4 Å². The smallest absolute Gasteiger partial charge is 0.117 e. The number of hydrogen-bond acceptors (Lipinski definition) is 3. The van der Waals surface area contributed by atoms with Gasteiger partial charge in [-0.15, -0.1) is 0 Å². The maximum atomic E-state index is 9.30. The number of phenols is 1. The minimum Gasteiger partial charge on any atom is -0.508 e. The number of nitrogens with one attached hydrogen (secondary N) is 1. The maximum absolute atomic E-state index is 9.30. The highest BCUT2D eigenvalue weighted by Gasteiger charge is 1.96. The SMILES string of the molecule is Oc1cccc(NCc2ccnc(Br)c2)c1. The van der Waals surface area contributed by atoms with Gasteiger partial charge < -0.3 is 10.4 Å². The van der Waals surface area contributed by atoms with Crippen LogP contribution in [-0.4, -0.2) is 10.1 Å². The van der Waals surface area contributed by atoms with Crippen LogP contribution < -0.4 is 5.32 Å². The number of rotatable bonds is 3. The first-order valence-electron chi connectivity index (χ1n) is 4.87. The summed E-state index contributed by atoms with van der Waals surface area (Å²) in [4.78, 5) is 4.06. The summed E-state index contributed by atoms with van der Waals surface area (Å²) in [6, 6.07) is 11.0. The summed E-state index contributed by atoms with van der Waals surface area (Å²) >= 11 is 3.32. The molecule has 0 saturated heterocycles. The molecule has 0 unspecified atom stereocenters. The lowest BCUT2D eigenvalue weighted by Crippen LogP contribution is -1.99. The fraction of sp³-hybridized carbons (Fsp3) is 0.0833. The molecule has 0 aliphatic carbocycles. The summed E-state index contributed by atoms with van der Waals surface area (Å²) in [5.41, 5.74) is 2.03. The van der Waals surface area contributed by atoms with Gasteiger partial charge in [0.15, 0.2) is 0 Å². The molecule has 4 heteroatoms. The number of aromatic hydroxyl groups is 1. The Balaban J connectivity index is 2.02. The van der Waals surface area contributed by atoms with Gasteiger partial charge in [-0.3, -0.25) is 0 Å². The Morgan fingerprint density at radius 1 is 1.25 bits per heavy atom. The van der Waals surface area contributed by atoms with Crippen LogP contribution in [0.5, 0.6) is 5.75 Å². The molecule has 1 heterocycles. The summed E-state index contributed by atoms with van der Waals surface area (Å²) in [5.74, 6) is 0.265. The van der Waals surface area contributed by atoms with Crippen molar-refractivity contribution in [3.8, 4) is 5.75 Å². The third kappa shape index (κ3) is 2.97. The topological polar surface area (TPSA) is 45.1 Å². The van der Waals surface area contributed by atoms with E-state index in [1.807, 2.05) is 18.2 Å². The van der Waals surface area contributed by atoms with Crippen LogP contribution in [0, 0.1) is 0 Å². The van der Waals surface area contributed by atoms with E-state index >= 15 is 0 Å². The molecule has 2 rings (SSSR count). The quantitative estimate of drug-likeness (QED) is 0.848. The Labute approximate surface area is 102 Å². The van der Waals surface area contributed by atoms with Gasteiger partial charge in [-0.1, -0.05) is 6.07 Å². The van der Waals surface area contributed by atoms with Crippen molar-refractivity contribution in [2.75, 3.05) is 5.32 Å². The highest BCUT2D eigenvalue weighted by atomic mass is 79.9. The standard InChI is InChI=1S/C12H11BrN2O/c13-12-6-9(4-5-14-12)8-15-10-2-1-3-11(16)7-10/h1-7,15-16H,8H2. The van der Waals surface area contributed by atoms with Crippen LogP contribution in [0.3, 0.4) is 0 Å². The first kappa shape index (κ1) is 11.0. The molecule has 1 aromatic heterocycles. The lowest BCUT2D eigenvalue weighted by atomic mass is 10.2. The van der Waals surface area contributed by atoms with Crippen LogP contribution in [0.2, 0.25) is 0 Å². The normalized spacial score (nSPS) is 10.1. The van der Waals surface area contributed by atoms with E-state index in [1.165, 1.54) is 0 Å². The Morgan fingerprint density at radius 3 is 2.88 bits per heavy atom. The molecule has 2 N–H and O–H groups in total. The van der Waals surface area contributed by atoms with Gasteiger partial charge in [-0.05, 0) is 45.8 Å². The molecule has 0 spiro atoms. The second-order valence-corrected chi connectivity index (χ2v) is 4.20. The van der Waals surface area contributed by atoms with Gasteiger partial charge >= 0.3 is 0 Å². The summed E-state index contributed by atoms with van der Waals surface area (Å²) in [6.07, 6.45) is 1.75. The third-order valence-electron chi connectivity index (χ3n) is 2.13. The van der Waals surface area contributed by atoms with Crippen molar-refractivity contribution in [2.45, 2.75) is 6.54 Å². The number of halogens is 1. The van der Waals surface area contributed by atoms with Crippen LogP contribution in [0.1, 0.15) is 5.56 Å². The minimum atomic E-state index is 0.265. The van der Waals surface area contributed by atoms with Crippen molar-refractivity contribution in [1.82, 2.24) is 4.98 Å². The first-order valence-corrected chi connectivity index (χ1v) is 5.67. The van der Waals surface area contributed by atoms with E-state index in [2.05, 4.69) is 26.2 Å². The number of pyridine rings is 1. The average Bonchev–Trinajstić information content (AvgIpc) is 2.27. The summed E-state index contributed by atoms with van der Waals surface area (Å²) < 4.78 is 0.822. The number of phenolic OH excluding ortho intramolecular Hbond substituents is 1. The number of aromatic nitrogens is 1. The molecule has 1 aromatic carbocycles. The number of hydrogen-bond donors (Lipinski definition) is 2. The number of nitrogens with zero attached hydrogens (tertiary/aromatic N) is 1. The Morgan fingerprint density at radius 2 is 2.12 bits per heavy atom. The predicted molar refractivity (Wildman–Crippen MR) is 67.4 cm³/mol. The van der Waals surface area contributed by atoms with E-state index in [0.717, 1.165) is 15.9 Å². The van der Waals surface area contributed by atoms with E-state index in [9.17, 15) is 5.11 Å². The van der Waals surface area contributed by atoms with Gasteiger partial charge in [0, 0.05) is 24.5 Å². The zero-order valence-corrected chi connectivity index (χ0v) is 10.1. The number of anilines is 1. The molecule has 0 saturated carbocycles. The molecule has 16 heavy (non-hydrogen) atoms. The van der Waals surface area contributed by atoms with E-state index in [-0.39, 0.29) is 5.75 Å². The molecule has 2 aromatic rings. The molecule has 0 fully saturated rings. The zero-order chi connectivity index (χ0) is 11.4. The van der Waals surface area contributed by atoms with Crippen molar-refractivity contribution in [3.05, 3.63) is 52.8 Å². The van der Waals surface area contributed by atoms with E-state index in [0.29, 0.717) is 6.54 Å². The molecule has 82 valence electrons. The fourth-order valence-electron chi connectivity index (χ4n) is 1.37. The largest absolute Gasteiger partial charge is 0.508 e. The average molecular weight is 279 g/mol. The molecule has 0 amide bonds. The van der Waals surface area contributed by atoms with Gasteiger partial charge in [0.2, 0.25) is 0 Å². The van der Waals surface area contributed by atoms with Crippen molar-refractivity contribution in [2.24, 2.45) is 0 Å². The lowest BCUT2D eigenvalue weighted by Gasteiger charge is -2.06. The molecular formula is C12H11BrN2O. The van der Waals surface area contributed by atoms with E-state index in [4.69, 9.17) is 0 Å². The van der Waals surface area contributed by atoms with Crippen molar-refractivity contribution < 1.29 is 5.11 Å². The van der Waals surface area contributed by atoms with Crippen LogP contribution in [0.4, 0.5) is 5.69 Å². The molecule has 0 aliphatic rings. The highest BCUT2D eigenvalue weighted by Crippen LogP contribution is 2.16. The third-order valence-corrected chi connectivity index (χ3v) is 2.57. The van der Waals surface area contributed by atoms with Crippen molar-refractivity contribution in [1.29, 1.82) is 0 Å². The monoisotopic (exact) mass is 278 g/mol. The molecule has 3 nitrogen and oxygen atoms in total. The van der Waals surface area contributed by atoms with Crippen LogP contribution >= 0.6 is 15.9 Å². The predicted octanol–water partition coefficient (Wildman–Crippen LogP) is 3.16. The second kappa shape index (κ2) is 4.99. The lowest BCUT2D eigenvalue weighted by molar-refractivity contribution is 0.475. The Hall–Kier alpha value is -1.55. The van der Waals surface area contributed by atoms with Crippen LogP contribution in [0.15, 0.2) is 47.2 Å². The number of benzene rings is 1. The zero-order valence-electron chi connectivity index (χ0n) is 8.52. The van der Waals surface area contributed by atoms with Crippen molar-refractivity contribution in [3.63, 3.8) is 0 Å². The molecule has 0 radical (unpaired) electrons. The highest BCUT2D eigenvalue weighted by molar-refractivity contribution is 9.10. The molecule has 0 aliphatic heterocycles. The summed E-state index contributed by atoms with van der Waals surface area (Å²) in [5, 5.41) is 12.5. The fourth-order valence-corrected chi connectivity index (χ4v) is 1.78. The summed E-state index contributed by atoms with van der Waals surface area (Å²) in [6.45, 7) is 0.699. The van der Waals surface area contributed by atoms with Crippen LogP contribution in [-0.2, 0) is 6.54 Å². The molecule has 0 bridgehead atoms. The van der Waals surface area contributed by atoms with Gasteiger partial charge in [0.05, 0.1) is 0 Å². The van der Waals surface area contributed by atoms with Gasteiger partial charge in [0.25, 0.3) is 0 Å². The molecule has 0 atom stereocenters. The van der Waals surface area contributed by atoms with Gasteiger partial charge in [-0.25, -0.2) is 4.98 Å². The van der Waals surface area contributed by atoms with Crippen molar-refractivity contribution >= 4 is 21.6 Å². The Bertz CT molecular complexity index is 442. The molecular weight excluding hydrogens is 268 g/mol. The van der Waals surface area contributed by atoms with Gasteiger partial charge in [-0.2, -0.15) is 0 Å². The summed E-state index contributed by atoms with van der Waals surface area (Å²) in [7, 11) is 0.